The van der Waals surface area contributed by atoms with Crippen molar-refractivity contribution in [3.63, 3.8) is 0 Å². The van der Waals surface area contributed by atoms with Gasteiger partial charge in [0.25, 0.3) is 0 Å². The number of hydrogen-bond acceptors (Lipinski definition) is 5. The van der Waals surface area contributed by atoms with Gasteiger partial charge in [0.2, 0.25) is 0 Å². The normalized spacial score (nSPS) is 20.9. The minimum absolute atomic E-state index is 0.220. The lowest BCUT2D eigenvalue weighted by atomic mass is 9.85. The molecule has 1 fully saturated rings. The summed E-state index contributed by atoms with van der Waals surface area (Å²) >= 11 is 0. The molecule has 0 radical (unpaired) electrons. The molecular formula is C32H31N3O5. The first-order valence-corrected chi connectivity index (χ1v) is 13.7. The third-order valence-electron chi connectivity index (χ3n) is 8.44. The van der Waals surface area contributed by atoms with Gasteiger partial charge in [-0.1, -0.05) is 36.4 Å². The van der Waals surface area contributed by atoms with Crippen LogP contribution in [0.3, 0.4) is 0 Å². The van der Waals surface area contributed by atoms with Gasteiger partial charge in [-0.3, -0.25) is 0 Å². The largest absolute Gasteiger partial charge is 0.444 e. The topological polar surface area (TPSA) is 82.8 Å². The van der Waals surface area contributed by atoms with Gasteiger partial charge in [-0.2, -0.15) is 0 Å². The van der Waals surface area contributed by atoms with Gasteiger partial charge in [-0.15, -0.1) is 0 Å². The monoisotopic (exact) mass is 537 g/mol. The molecule has 0 bridgehead atoms. The van der Waals surface area contributed by atoms with Crippen molar-refractivity contribution in [2.75, 3.05) is 13.1 Å². The number of rotatable bonds is 2. The summed E-state index contributed by atoms with van der Waals surface area (Å²) in [6.45, 7) is 7.58. The van der Waals surface area contributed by atoms with E-state index in [1.165, 1.54) is 0 Å². The molecule has 0 N–H and O–H groups in total. The van der Waals surface area contributed by atoms with E-state index in [9.17, 15) is 14.4 Å². The number of carbonyl (C=O) groups excluding carboxylic acids is 3. The molecule has 3 aliphatic rings. The fourth-order valence-corrected chi connectivity index (χ4v) is 6.79. The summed E-state index contributed by atoms with van der Waals surface area (Å²) in [5.74, 6) is -0.743. The molecule has 4 aromatic rings. The Labute approximate surface area is 231 Å². The molecule has 0 saturated carbocycles. The Hall–Kier alpha value is -4.33. The Morgan fingerprint density at radius 3 is 2.27 bits per heavy atom. The third kappa shape index (κ3) is 3.69. The van der Waals surface area contributed by atoms with Crippen LogP contribution in [-0.2, 0) is 39.1 Å². The second kappa shape index (κ2) is 8.58. The number of esters is 2. The van der Waals surface area contributed by atoms with Crippen LogP contribution >= 0.6 is 0 Å². The van der Waals surface area contributed by atoms with E-state index >= 15 is 0 Å². The summed E-state index contributed by atoms with van der Waals surface area (Å²) in [5.41, 5.74) is 4.53. The fourth-order valence-electron chi connectivity index (χ4n) is 6.79. The van der Waals surface area contributed by atoms with Crippen LogP contribution in [0.1, 0.15) is 37.6 Å². The van der Waals surface area contributed by atoms with Crippen LogP contribution in [0.2, 0.25) is 0 Å². The number of hydrogen-bond donors (Lipinski definition) is 0. The lowest BCUT2D eigenvalue weighted by molar-refractivity contribution is -0.149. The average molecular weight is 538 g/mol. The molecule has 0 aliphatic carbocycles. The second-order valence-electron chi connectivity index (χ2n) is 12.2. The summed E-state index contributed by atoms with van der Waals surface area (Å²) in [4.78, 5) is 41.4. The number of aryl methyl sites for hydroxylation is 1. The minimum atomic E-state index is -0.619. The van der Waals surface area contributed by atoms with Crippen molar-refractivity contribution >= 4 is 51.0 Å². The molecule has 8 nitrogen and oxygen atoms in total. The van der Waals surface area contributed by atoms with Crippen LogP contribution in [-0.4, -0.2) is 50.8 Å². The number of amides is 1. The lowest BCUT2D eigenvalue weighted by Gasteiger charge is -2.27. The van der Waals surface area contributed by atoms with E-state index in [0.717, 1.165) is 39.6 Å². The number of fused-ring (bicyclic) bond motifs is 5. The molecule has 5 heterocycles. The molecule has 3 aliphatic heterocycles. The predicted octanol–water partition coefficient (Wildman–Crippen LogP) is 5.17. The molecule has 8 heteroatoms. The maximum atomic E-state index is 13.5. The number of likely N-dealkylation sites (tertiary alicyclic amines) is 1. The van der Waals surface area contributed by atoms with E-state index in [1.807, 2.05) is 85.9 Å². The molecule has 0 unspecified atom stereocenters. The van der Waals surface area contributed by atoms with E-state index in [1.54, 1.807) is 0 Å². The highest BCUT2D eigenvalue weighted by molar-refractivity contribution is 6.47. The zero-order chi connectivity index (χ0) is 27.9. The standard InChI is InChI=1S/C32H31N3O5/c1-32(2,3)40-31(38)34-14-18-13-25-26(21-10-6-8-12-24(21)35(25)16-19(18)15-34)28-27(29(36)39-30(28)37)22-17-33(4)23-11-7-5-9-20(22)23/h5-12,17-19H,13-16H2,1-4H3/t18-,19-/m0/s1. The van der Waals surface area contributed by atoms with E-state index < -0.39 is 17.5 Å². The summed E-state index contributed by atoms with van der Waals surface area (Å²) in [5, 5.41) is 1.83. The van der Waals surface area contributed by atoms with Crippen LogP contribution in [0.5, 0.6) is 0 Å². The quantitative estimate of drug-likeness (QED) is 0.260. The van der Waals surface area contributed by atoms with Crippen molar-refractivity contribution < 1.29 is 23.9 Å². The molecule has 1 amide bonds. The molecule has 2 aromatic carbocycles. The number of para-hydroxylation sites is 2. The highest BCUT2D eigenvalue weighted by atomic mass is 16.6. The Morgan fingerprint density at radius 1 is 0.875 bits per heavy atom. The van der Waals surface area contributed by atoms with Crippen LogP contribution in [0.25, 0.3) is 33.0 Å². The Morgan fingerprint density at radius 2 is 1.52 bits per heavy atom. The zero-order valence-electron chi connectivity index (χ0n) is 23.1. The number of carbonyl (C=O) groups is 3. The van der Waals surface area contributed by atoms with Gasteiger partial charge < -0.3 is 23.5 Å². The SMILES string of the molecule is Cn1cc(C2=C(c3c4n(c5ccccc35)C[C@@H]3CN(C(=O)OC(C)(C)C)C[C@@H]3C4)C(=O)OC2=O)c2ccccc21. The fraction of sp³-hybridized carbons (Fsp3) is 0.344. The highest BCUT2D eigenvalue weighted by Crippen LogP contribution is 2.46. The number of aromatic nitrogens is 2. The second-order valence-corrected chi connectivity index (χ2v) is 12.2. The Bertz CT molecular complexity index is 1780. The van der Waals surface area contributed by atoms with Crippen molar-refractivity contribution in [3.8, 4) is 0 Å². The highest BCUT2D eigenvalue weighted by Gasteiger charge is 2.44. The average Bonchev–Trinajstić information content (AvgIpc) is 3.63. The van der Waals surface area contributed by atoms with E-state index in [0.29, 0.717) is 36.2 Å². The van der Waals surface area contributed by atoms with Gasteiger partial charge >= 0.3 is 18.0 Å². The summed E-state index contributed by atoms with van der Waals surface area (Å²) < 4.78 is 15.2. The summed E-state index contributed by atoms with van der Waals surface area (Å²) in [6.07, 6.45) is 2.29. The lowest BCUT2D eigenvalue weighted by Crippen LogP contribution is -2.35. The maximum absolute atomic E-state index is 13.5. The maximum Gasteiger partial charge on any atom is 0.410 e. The van der Waals surface area contributed by atoms with Crippen molar-refractivity contribution in [1.82, 2.24) is 14.0 Å². The number of benzene rings is 2. The summed E-state index contributed by atoms with van der Waals surface area (Å²) in [7, 11) is 1.93. The van der Waals surface area contributed by atoms with Crippen LogP contribution in [0, 0.1) is 11.8 Å². The van der Waals surface area contributed by atoms with Gasteiger partial charge in [0.05, 0.1) is 11.1 Å². The zero-order valence-corrected chi connectivity index (χ0v) is 23.1. The third-order valence-corrected chi connectivity index (χ3v) is 8.44. The number of ether oxygens (including phenoxy) is 2. The molecular weight excluding hydrogens is 506 g/mol. The van der Waals surface area contributed by atoms with Gasteiger partial charge in [-0.25, -0.2) is 14.4 Å². The molecule has 1 saturated heterocycles. The van der Waals surface area contributed by atoms with Gasteiger partial charge in [0.15, 0.2) is 0 Å². The van der Waals surface area contributed by atoms with Crippen molar-refractivity contribution in [2.45, 2.75) is 39.3 Å². The van der Waals surface area contributed by atoms with Gasteiger partial charge in [0.1, 0.15) is 5.60 Å². The van der Waals surface area contributed by atoms with Crippen LogP contribution in [0.15, 0.2) is 54.7 Å². The molecule has 204 valence electrons. The number of nitrogens with zero attached hydrogens (tertiary/aromatic N) is 3. The first-order chi connectivity index (χ1) is 19.1. The Kier molecular flexibility index (Phi) is 5.30. The first kappa shape index (κ1) is 24.7. The van der Waals surface area contributed by atoms with Gasteiger partial charge in [-0.05, 0) is 51.2 Å². The van der Waals surface area contributed by atoms with E-state index in [2.05, 4.69) is 10.6 Å². The van der Waals surface area contributed by atoms with E-state index in [-0.39, 0.29) is 17.9 Å². The smallest absolute Gasteiger partial charge is 0.410 e. The molecule has 40 heavy (non-hydrogen) atoms. The number of cyclic esters (lactones) is 2. The van der Waals surface area contributed by atoms with Crippen LogP contribution in [0.4, 0.5) is 4.79 Å². The summed E-state index contributed by atoms with van der Waals surface area (Å²) in [6, 6.07) is 15.9. The first-order valence-electron chi connectivity index (χ1n) is 13.7. The molecule has 7 rings (SSSR count). The van der Waals surface area contributed by atoms with Gasteiger partial charge in [0, 0.05) is 71.5 Å². The Balaban J connectivity index is 1.38. The van der Waals surface area contributed by atoms with Crippen LogP contribution < -0.4 is 0 Å². The van der Waals surface area contributed by atoms with Crippen molar-refractivity contribution in [3.05, 3.63) is 71.5 Å². The van der Waals surface area contributed by atoms with Crippen molar-refractivity contribution in [2.24, 2.45) is 18.9 Å². The molecule has 0 spiro atoms. The minimum Gasteiger partial charge on any atom is -0.444 e. The molecule has 2 atom stereocenters. The molecule has 2 aromatic heterocycles. The van der Waals surface area contributed by atoms with Crippen molar-refractivity contribution in [1.29, 1.82) is 0 Å². The predicted molar refractivity (Wildman–Crippen MR) is 151 cm³/mol. The van der Waals surface area contributed by atoms with E-state index in [4.69, 9.17) is 9.47 Å².